The molecule has 2 saturated carbocycles. The lowest BCUT2D eigenvalue weighted by Gasteiger charge is -2.36. The number of esters is 2. The highest BCUT2D eigenvalue weighted by Gasteiger charge is 2.60. The van der Waals surface area contributed by atoms with Crippen molar-refractivity contribution >= 4 is 11.9 Å². The molecule has 7 heteroatoms. The van der Waals surface area contributed by atoms with Gasteiger partial charge in [-0.25, -0.2) is 0 Å². The van der Waals surface area contributed by atoms with Crippen molar-refractivity contribution in [2.24, 2.45) is 35.5 Å². The third-order valence-electron chi connectivity index (χ3n) is 6.10. The smallest absolute Gasteiger partial charge is 0.310 e. The van der Waals surface area contributed by atoms with Gasteiger partial charge >= 0.3 is 11.9 Å². The van der Waals surface area contributed by atoms with Crippen LogP contribution in [0, 0.1) is 35.5 Å². The molecule has 0 saturated heterocycles. The molecule has 0 aromatic heterocycles. The molecule has 0 spiro atoms. The van der Waals surface area contributed by atoms with Gasteiger partial charge in [-0.3, -0.25) is 9.59 Å². The first kappa shape index (κ1) is 20.1. The Morgan fingerprint density at radius 1 is 0.960 bits per heavy atom. The SMILES string of the molecule is CCC(O)COC(=O)C1C2CC(C(C)C2C)C1C(=O)OCC(O)CO. The van der Waals surface area contributed by atoms with Crippen molar-refractivity contribution < 1.29 is 34.4 Å². The molecule has 0 heterocycles. The first-order valence-corrected chi connectivity index (χ1v) is 9.12. The Morgan fingerprint density at radius 2 is 1.40 bits per heavy atom. The number of hydrogen-bond acceptors (Lipinski definition) is 7. The van der Waals surface area contributed by atoms with Crippen LogP contribution >= 0.6 is 0 Å². The summed E-state index contributed by atoms with van der Waals surface area (Å²) >= 11 is 0. The molecule has 0 aromatic rings. The third kappa shape index (κ3) is 4.15. The van der Waals surface area contributed by atoms with Gasteiger partial charge in [0, 0.05) is 0 Å². The van der Waals surface area contributed by atoms with Crippen LogP contribution in [-0.4, -0.2) is 59.3 Å². The Morgan fingerprint density at radius 3 is 1.80 bits per heavy atom. The maximum atomic E-state index is 12.6. The fraction of sp³-hybridized carbons (Fsp3) is 0.889. The van der Waals surface area contributed by atoms with Gasteiger partial charge < -0.3 is 24.8 Å². The summed E-state index contributed by atoms with van der Waals surface area (Å²) < 4.78 is 10.4. The van der Waals surface area contributed by atoms with Crippen molar-refractivity contribution in [3.8, 4) is 0 Å². The Hall–Kier alpha value is -1.18. The molecular formula is C18H30O7. The van der Waals surface area contributed by atoms with Gasteiger partial charge in [0.2, 0.25) is 0 Å². The van der Waals surface area contributed by atoms with Crippen molar-refractivity contribution in [3.63, 3.8) is 0 Å². The quantitative estimate of drug-likeness (QED) is 0.537. The first-order valence-electron chi connectivity index (χ1n) is 9.12. The summed E-state index contributed by atoms with van der Waals surface area (Å²) in [5, 5.41) is 27.8. The standard InChI is InChI=1S/C18H30O7/c1-4-11(20)7-24-17(22)15-13-5-14(10(3)9(13)2)16(15)18(23)25-8-12(21)6-19/h9-16,19-21H,4-8H2,1-3H3. The van der Waals surface area contributed by atoms with Crippen LogP contribution in [0.1, 0.15) is 33.6 Å². The number of aliphatic hydroxyl groups excluding tert-OH is 3. The van der Waals surface area contributed by atoms with Crippen LogP contribution in [0.25, 0.3) is 0 Å². The van der Waals surface area contributed by atoms with Gasteiger partial charge in [-0.1, -0.05) is 20.8 Å². The predicted molar refractivity (Wildman–Crippen MR) is 88.2 cm³/mol. The van der Waals surface area contributed by atoms with Crippen molar-refractivity contribution in [2.45, 2.75) is 45.8 Å². The normalized spacial score (nSPS) is 36.1. The summed E-state index contributed by atoms with van der Waals surface area (Å²) in [5.74, 6) is -1.41. The van der Waals surface area contributed by atoms with Gasteiger partial charge in [0.15, 0.2) is 0 Å². The van der Waals surface area contributed by atoms with Crippen LogP contribution in [-0.2, 0) is 19.1 Å². The number of hydrogen-bond donors (Lipinski definition) is 3. The molecule has 0 radical (unpaired) electrons. The highest BCUT2D eigenvalue weighted by Crippen LogP contribution is 2.58. The van der Waals surface area contributed by atoms with E-state index in [1.54, 1.807) is 6.92 Å². The molecule has 8 unspecified atom stereocenters. The summed E-state index contributed by atoms with van der Waals surface area (Å²) in [6.45, 7) is 5.13. The van der Waals surface area contributed by atoms with E-state index >= 15 is 0 Å². The van der Waals surface area contributed by atoms with Crippen LogP contribution in [0.15, 0.2) is 0 Å². The van der Waals surface area contributed by atoms with Gasteiger partial charge in [-0.2, -0.15) is 0 Å². The van der Waals surface area contributed by atoms with Crippen LogP contribution in [0.5, 0.6) is 0 Å². The number of carbonyl (C=O) groups is 2. The van der Waals surface area contributed by atoms with E-state index in [0.29, 0.717) is 18.3 Å². The summed E-state index contributed by atoms with van der Waals surface area (Å²) in [5.41, 5.74) is 0. The predicted octanol–water partition coefficient (Wildman–Crippen LogP) is 0.351. The molecule has 2 aliphatic carbocycles. The Labute approximate surface area is 148 Å². The van der Waals surface area contributed by atoms with E-state index in [2.05, 4.69) is 13.8 Å². The highest BCUT2D eigenvalue weighted by atomic mass is 16.6. The largest absolute Gasteiger partial charge is 0.463 e. The topological polar surface area (TPSA) is 113 Å². The summed E-state index contributed by atoms with van der Waals surface area (Å²) in [4.78, 5) is 25.1. The molecule has 144 valence electrons. The van der Waals surface area contributed by atoms with Gasteiger partial charge in [-0.05, 0) is 36.5 Å². The van der Waals surface area contributed by atoms with Crippen molar-refractivity contribution in [2.75, 3.05) is 19.8 Å². The maximum absolute atomic E-state index is 12.6. The van der Waals surface area contributed by atoms with Gasteiger partial charge in [0.05, 0.1) is 24.5 Å². The van der Waals surface area contributed by atoms with Crippen LogP contribution in [0.2, 0.25) is 0 Å². The summed E-state index contributed by atoms with van der Waals surface area (Å²) in [7, 11) is 0. The van der Waals surface area contributed by atoms with Crippen molar-refractivity contribution in [1.82, 2.24) is 0 Å². The van der Waals surface area contributed by atoms with Gasteiger partial charge in [0.25, 0.3) is 0 Å². The fourth-order valence-electron chi connectivity index (χ4n) is 4.37. The zero-order chi connectivity index (χ0) is 18.7. The molecule has 2 rings (SSSR count). The average molecular weight is 358 g/mol. The lowest BCUT2D eigenvalue weighted by atomic mass is 9.69. The van der Waals surface area contributed by atoms with E-state index < -0.39 is 42.6 Å². The van der Waals surface area contributed by atoms with E-state index in [9.17, 15) is 19.8 Å². The molecular weight excluding hydrogens is 328 g/mol. The van der Waals surface area contributed by atoms with Gasteiger partial charge in [-0.15, -0.1) is 0 Å². The number of fused-ring (bicyclic) bond motifs is 2. The first-order chi connectivity index (χ1) is 11.8. The molecule has 2 fully saturated rings. The number of aliphatic hydroxyl groups is 3. The zero-order valence-corrected chi connectivity index (χ0v) is 15.1. The number of ether oxygens (including phenoxy) is 2. The van der Waals surface area contributed by atoms with Crippen LogP contribution in [0.3, 0.4) is 0 Å². The monoisotopic (exact) mass is 358 g/mol. The minimum atomic E-state index is -1.12. The molecule has 0 aromatic carbocycles. The maximum Gasteiger partial charge on any atom is 0.310 e. The molecule has 3 N–H and O–H groups in total. The number of carbonyl (C=O) groups excluding carboxylic acids is 2. The summed E-state index contributed by atoms with van der Waals surface area (Å²) in [6, 6.07) is 0. The van der Waals surface area contributed by atoms with Crippen LogP contribution < -0.4 is 0 Å². The minimum Gasteiger partial charge on any atom is -0.463 e. The highest BCUT2D eigenvalue weighted by molar-refractivity contribution is 5.84. The molecule has 8 atom stereocenters. The molecule has 0 aliphatic heterocycles. The molecule has 2 aliphatic rings. The Balaban J connectivity index is 2.08. The number of rotatable bonds is 8. The van der Waals surface area contributed by atoms with E-state index in [-0.39, 0.29) is 25.0 Å². The molecule has 0 amide bonds. The van der Waals surface area contributed by atoms with Crippen molar-refractivity contribution in [1.29, 1.82) is 0 Å². The second-order valence-electron chi connectivity index (χ2n) is 7.49. The Bertz CT molecular complexity index is 438. The van der Waals surface area contributed by atoms with Crippen molar-refractivity contribution in [3.05, 3.63) is 0 Å². The zero-order valence-electron chi connectivity index (χ0n) is 15.1. The van der Waals surface area contributed by atoms with Gasteiger partial charge in [0.1, 0.15) is 19.3 Å². The second-order valence-corrected chi connectivity index (χ2v) is 7.49. The molecule has 25 heavy (non-hydrogen) atoms. The lowest BCUT2D eigenvalue weighted by Crippen LogP contribution is -2.43. The molecule has 7 nitrogen and oxygen atoms in total. The van der Waals surface area contributed by atoms with Crippen LogP contribution in [0.4, 0.5) is 0 Å². The summed E-state index contributed by atoms with van der Waals surface area (Å²) in [6.07, 6.45) is -0.559. The van der Waals surface area contributed by atoms with E-state index in [0.717, 1.165) is 6.42 Å². The minimum absolute atomic E-state index is 0.0485. The van der Waals surface area contributed by atoms with E-state index in [4.69, 9.17) is 14.6 Å². The van der Waals surface area contributed by atoms with E-state index in [1.807, 2.05) is 0 Å². The second kappa shape index (κ2) is 8.47. The third-order valence-corrected chi connectivity index (χ3v) is 6.10. The Kier molecular flexibility index (Phi) is 6.82. The molecule has 2 bridgehead atoms. The fourth-order valence-corrected chi connectivity index (χ4v) is 4.37. The average Bonchev–Trinajstić information content (AvgIpc) is 3.13. The lowest BCUT2D eigenvalue weighted by molar-refractivity contribution is -0.169. The van der Waals surface area contributed by atoms with E-state index in [1.165, 1.54) is 0 Å².